The quantitative estimate of drug-likeness (QED) is 0.720. The number of benzene rings is 2. The molecular formula is C16H11FN2O. The predicted molar refractivity (Wildman–Crippen MR) is 76.1 cm³/mol. The molecule has 0 saturated carbocycles. The van der Waals surface area contributed by atoms with Crippen LogP contribution in [0.1, 0.15) is 10.4 Å². The van der Waals surface area contributed by atoms with E-state index in [1.807, 2.05) is 36.4 Å². The van der Waals surface area contributed by atoms with Crippen LogP contribution in [0.25, 0.3) is 10.8 Å². The number of pyridine rings is 1. The average Bonchev–Trinajstić information content (AvgIpc) is 2.47. The van der Waals surface area contributed by atoms with Crippen molar-refractivity contribution in [3.63, 3.8) is 0 Å². The Hall–Kier alpha value is -2.75. The molecule has 3 nitrogen and oxygen atoms in total. The van der Waals surface area contributed by atoms with E-state index >= 15 is 0 Å². The molecule has 0 spiro atoms. The van der Waals surface area contributed by atoms with E-state index in [4.69, 9.17) is 0 Å². The lowest BCUT2D eigenvalue weighted by Gasteiger charge is -2.07. The number of nitrogens with zero attached hydrogens (tertiary/aromatic N) is 1. The van der Waals surface area contributed by atoms with Crippen molar-refractivity contribution in [3.8, 4) is 0 Å². The summed E-state index contributed by atoms with van der Waals surface area (Å²) in [5.41, 5.74) is 0.553. The summed E-state index contributed by atoms with van der Waals surface area (Å²) in [5, 5.41) is 4.76. The Morgan fingerprint density at radius 1 is 1.00 bits per heavy atom. The van der Waals surface area contributed by atoms with Crippen molar-refractivity contribution in [3.05, 3.63) is 72.3 Å². The van der Waals surface area contributed by atoms with Crippen LogP contribution in [0.3, 0.4) is 0 Å². The number of amides is 1. The van der Waals surface area contributed by atoms with Crippen LogP contribution >= 0.6 is 0 Å². The summed E-state index contributed by atoms with van der Waals surface area (Å²) in [5.74, 6) is -1.28. The Morgan fingerprint density at radius 3 is 2.60 bits per heavy atom. The van der Waals surface area contributed by atoms with E-state index in [1.54, 1.807) is 6.07 Å². The highest BCUT2D eigenvalue weighted by atomic mass is 19.1. The average molecular weight is 266 g/mol. The van der Waals surface area contributed by atoms with Crippen molar-refractivity contribution in [1.29, 1.82) is 0 Å². The third-order valence-electron chi connectivity index (χ3n) is 3.01. The lowest BCUT2D eigenvalue weighted by Crippen LogP contribution is -2.14. The second kappa shape index (κ2) is 5.09. The van der Waals surface area contributed by atoms with Gasteiger partial charge >= 0.3 is 0 Å². The Morgan fingerprint density at radius 2 is 1.80 bits per heavy atom. The zero-order valence-corrected chi connectivity index (χ0v) is 10.5. The summed E-state index contributed by atoms with van der Waals surface area (Å²) in [6.45, 7) is 0. The number of fused-ring (bicyclic) bond motifs is 1. The number of hydrogen-bond acceptors (Lipinski definition) is 2. The Kier molecular flexibility index (Phi) is 3.13. The van der Waals surface area contributed by atoms with Crippen LogP contribution in [0.2, 0.25) is 0 Å². The molecule has 0 aliphatic heterocycles. The summed E-state index contributed by atoms with van der Waals surface area (Å²) >= 11 is 0. The minimum atomic E-state index is -0.772. The van der Waals surface area contributed by atoms with Gasteiger partial charge in [0, 0.05) is 11.9 Å². The first kappa shape index (κ1) is 12.3. The number of nitrogens with one attached hydrogen (secondary N) is 1. The number of carbonyl (C=O) groups excluding carboxylic acids is 1. The highest BCUT2D eigenvalue weighted by molar-refractivity contribution is 6.05. The van der Waals surface area contributed by atoms with Crippen molar-refractivity contribution >= 4 is 22.4 Å². The van der Waals surface area contributed by atoms with E-state index < -0.39 is 11.9 Å². The molecule has 0 aliphatic rings. The molecule has 0 unspecified atom stereocenters. The number of rotatable bonds is 2. The summed E-state index contributed by atoms with van der Waals surface area (Å²) in [4.78, 5) is 15.4. The maximum absolute atomic E-state index is 13.4. The highest BCUT2D eigenvalue weighted by Gasteiger charge is 2.12. The Balaban J connectivity index is 1.89. The summed E-state index contributed by atoms with van der Waals surface area (Å²) in [6.07, 6.45) is 1.31. The summed E-state index contributed by atoms with van der Waals surface area (Å²) < 4.78 is 13.4. The van der Waals surface area contributed by atoms with Gasteiger partial charge in [0.25, 0.3) is 5.91 Å². The molecule has 3 aromatic rings. The van der Waals surface area contributed by atoms with Gasteiger partial charge in [-0.2, -0.15) is 4.39 Å². The van der Waals surface area contributed by atoms with Crippen molar-refractivity contribution in [1.82, 2.24) is 4.98 Å². The maximum atomic E-state index is 13.4. The van der Waals surface area contributed by atoms with E-state index in [9.17, 15) is 9.18 Å². The van der Waals surface area contributed by atoms with Crippen LogP contribution in [0, 0.1) is 5.95 Å². The molecule has 4 heteroatoms. The molecule has 0 aliphatic carbocycles. The molecule has 1 N–H and O–H groups in total. The second-order valence-electron chi connectivity index (χ2n) is 4.36. The molecule has 0 atom stereocenters. The van der Waals surface area contributed by atoms with E-state index in [1.165, 1.54) is 18.3 Å². The normalized spacial score (nSPS) is 10.4. The largest absolute Gasteiger partial charge is 0.322 e. The first-order valence-electron chi connectivity index (χ1n) is 6.15. The van der Waals surface area contributed by atoms with Gasteiger partial charge in [-0.15, -0.1) is 0 Å². The molecule has 0 fully saturated rings. The van der Waals surface area contributed by atoms with Crippen LogP contribution in [-0.2, 0) is 0 Å². The molecule has 1 heterocycles. The fourth-order valence-electron chi connectivity index (χ4n) is 2.02. The number of carbonyl (C=O) groups is 1. The van der Waals surface area contributed by atoms with Gasteiger partial charge in [-0.05, 0) is 35.0 Å². The maximum Gasteiger partial charge on any atom is 0.260 e. The van der Waals surface area contributed by atoms with Gasteiger partial charge in [-0.1, -0.05) is 30.3 Å². The minimum Gasteiger partial charge on any atom is -0.322 e. The zero-order chi connectivity index (χ0) is 13.9. The molecular weight excluding hydrogens is 255 g/mol. The van der Waals surface area contributed by atoms with Gasteiger partial charge in [0.1, 0.15) is 0 Å². The van der Waals surface area contributed by atoms with Crippen LogP contribution in [0.4, 0.5) is 10.1 Å². The van der Waals surface area contributed by atoms with E-state index in [0.717, 1.165) is 10.8 Å². The number of hydrogen-bond donors (Lipinski definition) is 1. The van der Waals surface area contributed by atoms with Gasteiger partial charge in [0.05, 0.1) is 5.56 Å². The molecule has 20 heavy (non-hydrogen) atoms. The Labute approximate surface area is 115 Å². The fraction of sp³-hybridized carbons (Fsp3) is 0. The van der Waals surface area contributed by atoms with Crippen LogP contribution in [0.15, 0.2) is 60.8 Å². The van der Waals surface area contributed by atoms with Crippen molar-refractivity contribution in [2.45, 2.75) is 0 Å². The molecule has 0 bridgehead atoms. The molecule has 0 saturated heterocycles. The number of anilines is 1. The van der Waals surface area contributed by atoms with E-state index in [2.05, 4.69) is 10.3 Å². The predicted octanol–water partition coefficient (Wildman–Crippen LogP) is 3.63. The number of aromatic nitrogens is 1. The van der Waals surface area contributed by atoms with Gasteiger partial charge in [0.15, 0.2) is 0 Å². The summed E-state index contributed by atoms with van der Waals surface area (Å²) in [6, 6.07) is 16.3. The lowest BCUT2D eigenvalue weighted by atomic mass is 10.1. The minimum absolute atomic E-state index is 0.0688. The Bertz CT molecular complexity index is 786. The van der Waals surface area contributed by atoms with Crippen molar-refractivity contribution in [2.24, 2.45) is 0 Å². The van der Waals surface area contributed by atoms with E-state index in [-0.39, 0.29) is 5.56 Å². The second-order valence-corrected chi connectivity index (χ2v) is 4.36. The molecule has 0 radical (unpaired) electrons. The lowest BCUT2D eigenvalue weighted by molar-refractivity contribution is 0.102. The van der Waals surface area contributed by atoms with Gasteiger partial charge in [0.2, 0.25) is 5.95 Å². The fourth-order valence-corrected chi connectivity index (χ4v) is 2.02. The SMILES string of the molecule is O=C(Nc1ccc2ccccc2c1)c1cccnc1F. The molecule has 98 valence electrons. The molecule has 1 aromatic heterocycles. The zero-order valence-electron chi connectivity index (χ0n) is 10.5. The standard InChI is InChI=1S/C16H11FN2O/c17-15-14(6-3-9-18-15)16(20)19-13-8-7-11-4-1-2-5-12(11)10-13/h1-10H,(H,19,20). The van der Waals surface area contributed by atoms with Crippen LogP contribution in [-0.4, -0.2) is 10.9 Å². The van der Waals surface area contributed by atoms with Gasteiger partial charge in [-0.3, -0.25) is 4.79 Å². The monoisotopic (exact) mass is 266 g/mol. The topological polar surface area (TPSA) is 42.0 Å². The molecule has 2 aromatic carbocycles. The molecule has 3 rings (SSSR count). The highest BCUT2D eigenvalue weighted by Crippen LogP contribution is 2.19. The third-order valence-corrected chi connectivity index (χ3v) is 3.01. The van der Waals surface area contributed by atoms with Crippen LogP contribution in [0.5, 0.6) is 0 Å². The first-order chi connectivity index (χ1) is 9.74. The van der Waals surface area contributed by atoms with Gasteiger partial charge < -0.3 is 5.32 Å². The first-order valence-corrected chi connectivity index (χ1v) is 6.15. The number of halogens is 1. The van der Waals surface area contributed by atoms with Gasteiger partial charge in [-0.25, -0.2) is 4.98 Å². The summed E-state index contributed by atoms with van der Waals surface area (Å²) in [7, 11) is 0. The third kappa shape index (κ3) is 2.36. The smallest absolute Gasteiger partial charge is 0.260 e. The van der Waals surface area contributed by atoms with Crippen LogP contribution < -0.4 is 5.32 Å². The van der Waals surface area contributed by atoms with Crippen molar-refractivity contribution < 1.29 is 9.18 Å². The van der Waals surface area contributed by atoms with Crippen molar-refractivity contribution in [2.75, 3.05) is 5.32 Å². The molecule has 1 amide bonds. The van der Waals surface area contributed by atoms with E-state index in [0.29, 0.717) is 5.69 Å².